The summed E-state index contributed by atoms with van der Waals surface area (Å²) in [5, 5.41) is 0. The fourth-order valence-electron chi connectivity index (χ4n) is 2.21. The van der Waals surface area contributed by atoms with Crippen molar-refractivity contribution in [3.05, 3.63) is 52.8 Å². The lowest BCUT2D eigenvalue weighted by Gasteiger charge is -2.15. The van der Waals surface area contributed by atoms with Crippen molar-refractivity contribution < 1.29 is 13.9 Å². The molecule has 0 N–H and O–H groups in total. The number of hydrogen-bond acceptors (Lipinski definition) is 5. The van der Waals surface area contributed by atoms with Gasteiger partial charge < -0.3 is 9.15 Å². The second-order valence-electron chi connectivity index (χ2n) is 4.89. The van der Waals surface area contributed by atoms with Gasteiger partial charge in [0.1, 0.15) is 17.3 Å². The van der Waals surface area contributed by atoms with Crippen LogP contribution in [0.15, 0.2) is 45.7 Å². The van der Waals surface area contributed by atoms with Crippen molar-refractivity contribution in [3.63, 3.8) is 0 Å². The van der Waals surface area contributed by atoms with Crippen molar-refractivity contribution in [1.29, 1.82) is 0 Å². The van der Waals surface area contributed by atoms with Crippen molar-refractivity contribution in [2.75, 3.05) is 11.5 Å². The minimum Gasteiger partial charge on any atom is -0.494 e. The molecule has 1 saturated heterocycles. The molecule has 0 aliphatic carbocycles. The van der Waals surface area contributed by atoms with Gasteiger partial charge in [-0.15, -0.1) is 0 Å². The summed E-state index contributed by atoms with van der Waals surface area (Å²) in [6, 6.07) is 11.0. The molecule has 0 unspecified atom stereocenters. The van der Waals surface area contributed by atoms with E-state index in [1.165, 1.54) is 16.7 Å². The molecule has 0 atom stereocenters. The zero-order chi connectivity index (χ0) is 16.4. The van der Waals surface area contributed by atoms with Gasteiger partial charge in [-0.1, -0.05) is 24.0 Å². The first kappa shape index (κ1) is 15.8. The normalized spacial score (nSPS) is 16.4. The number of carbonyl (C=O) groups excluding carboxylic acids is 1. The molecule has 1 aromatic heterocycles. The van der Waals surface area contributed by atoms with Crippen molar-refractivity contribution in [1.82, 2.24) is 0 Å². The van der Waals surface area contributed by atoms with Gasteiger partial charge in [-0.3, -0.25) is 9.69 Å². The second kappa shape index (κ2) is 6.60. The van der Waals surface area contributed by atoms with Gasteiger partial charge in [0.05, 0.1) is 17.2 Å². The minimum atomic E-state index is -0.141. The molecule has 1 aliphatic heterocycles. The van der Waals surface area contributed by atoms with Gasteiger partial charge in [-0.05, 0) is 50.2 Å². The Bertz CT molecular complexity index is 777. The van der Waals surface area contributed by atoms with E-state index in [9.17, 15) is 4.79 Å². The molecule has 6 heteroatoms. The number of carbonyl (C=O) groups is 1. The van der Waals surface area contributed by atoms with E-state index in [-0.39, 0.29) is 5.91 Å². The highest BCUT2D eigenvalue weighted by Crippen LogP contribution is 2.36. The molecule has 1 fully saturated rings. The second-order valence-corrected chi connectivity index (χ2v) is 6.57. The van der Waals surface area contributed by atoms with Crippen molar-refractivity contribution in [3.8, 4) is 5.75 Å². The Morgan fingerprint density at radius 2 is 2.00 bits per heavy atom. The van der Waals surface area contributed by atoms with Crippen LogP contribution in [0.5, 0.6) is 5.75 Å². The van der Waals surface area contributed by atoms with Crippen LogP contribution in [0, 0.1) is 6.92 Å². The molecule has 118 valence electrons. The van der Waals surface area contributed by atoms with Crippen LogP contribution in [0.3, 0.4) is 0 Å². The van der Waals surface area contributed by atoms with Crippen LogP contribution in [0.1, 0.15) is 18.4 Å². The molecule has 1 aromatic carbocycles. The number of nitrogens with zero attached hydrogens (tertiary/aromatic N) is 1. The monoisotopic (exact) mass is 345 g/mol. The van der Waals surface area contributed by atoms with Crippen molar-refractivity contribution in [2.24, 2.45) is 0 Å². The average Bonchev–Trinajstić information content (AvgIpc) is 3.05. The maximum atomic E-state index is 12.6. The number of thioether (sulfide) groups is 1. The van der Waals surface area contributed by atoms with Gasteiger partial charge in [-0.2, -0.15) is 0 Å². The van der Waals surface area contributed by atoms with Gasteiger partial charge >= 0.3 is 0 Å². The summed E-state index contributed by atoms with van der Waals surface area (Å²) < 4.78 is 11.4. The quantitative estimate of drug-likeness (QED) is 0.607. The number of anilines is 1. The smallest absolute Gasteiger partial charge is 0.270 e. The van der Waals surface area contributed by atoms with Crippen LogP contribution in [0.25, 0.3) is 6.08 Å². The number of benzene rings is 1. The molecule has 1 aliphatic rings. The molecule has 0 spiro atoms. The summed E-state index contributed by atoms with van der Waals surface area (Å²) in [6.07, 6.45) is 1.72. The Kier molecular flexibility index (Phi) is 4.54. The van der Waals surface area contributed by atoms with E-state index >= 15 is 0 Å². The molecular weight excluding hydrogens is 330 g/mol. The number of aryl methyl sites for hydroxylation is 1. The van der Waals surface area contributed by atoms with E-state index in [0.717, 1.165) is 17.2 Å². The molecule has 3 rings (SSSR count). The van der Waals surface area contributed by atoms with Gasteiger partial charge in [0.2, 0.25) is 0 Å². The van der Waals surface area contributed by atoms with Crippen LogP contribution in [-0.4, -0.2) is 16.8 Å². The number of rotatable bonds is 4. The van der Waals surface area contributed by atoms with E-state index in [4.69, 9.17) is 21.4 Å². The fourth-order valence-corrected chi connectivity index (χ4v) is 3.49. The summed E-state index contributed by atoms with van der Waals surface area (Å²) >= 11 is 6.62. The molecule has 0 saturated carbocycles. The predicted octanol–water partition coefficient (Wildman–Crippen LogP) is 4.39. The summed E-state index contributed by atoms with van der Waals surface area (Å²) in [5.41, 5.74) is 0.731. The Hall–Kier alpha value is -2.05. The van der Waals surface area contributed by atoms with Crippen LogP contribution in [-0.2, 0) is 4.79 Å². The highest BCUT2D eigenvalue weighted by Gasteiger charge is 2.33. The SMILES string of the molecule is CCOc1ccc(N2C(=O)C(=Cc3ccc(C)o3)SC2=S)cc1. The molecule has 2 aromatic rings. The molecular formula is C17H15NO3S2. The lowest BCUT2D eigenvalue weighted by Crippen LogP contribution is -2.27. The van der Waals surface area contributed by atoms with E-state index in [2.05, 4.69) is 0 Å². The largest absolute Gasteiger partial charge is 0.494 e. The Labute approximate surface area is 144 Å². The maximum absolute atomic E-state index is 12.6. The van der Waals surface area contributed by atoms with E-state index < -0.39 is 0 Å². The zero-order valence-corrected chi connectivity index (χ0v) is 14.4. The molecule has 1 amide bonds. The third-order valence-corrected chi connectivity index (χ3v) is 4.54. The topological polar surface area (TPSA) is 42.7 Å². The predicted molar refractivity (Wildman–Crippen MR) is 96.7 cm³/mol. The van der Waals surface area contributed by atoms with Gasteiger partial charge in [0, 0.05) is 6.08 Å². The van der Waals surface area contributed by atoms with Crippen LogP contribution >= 0.6 is 24.0 Å². The van der Waals surface area contributed by atoms with Crippen molar-refractivity contribution >= 4 is 46.0 Å². The number of thiocarbonyl (C=S) groups is 1. The first-order valence-corrected chi connectivity index (χ1v) is 8.38. The van der Waals surface area contributed by atoms with Gasteiger partial charge in [0.15, 0.2) is 4.32 Å². The standard InChI is InChI=1S/C17H15NO3S2/c1-3-20-13-8-5-12(6-9-13)18-16(19)15(23-17(18)22)10-14-7-4-11(2)21-14/h4-10H,3H2,1-2H3. The van der Waals surface area contributed by atoms with E-state index in [1.807, 2.05) is 50.2 Å². The first-order chi connectivity index (χ1) is 11.1. The first-order valence-electron chi connectivity index (χ1n) is 7.15. The molecule has 0 bridgehead atoms. The number of hydrogen-bond donors (Lipinski definition) is 0. The highest BCUT2D eigenvalue weighted by atomic mass is 32.2. The third-order valence-electron chi connectivity index (χ3n) is 3.23. The molecule has 4 nitrogen and oxygen atoms in total. The summed E-state index contributed by atoms with van der Waals surface area (Å²) in [5.74, 6) is 2.08. The zero-order valence-electron chi connectivity index (χ0n) is 12.7. The lowest BCUT2D eigenvalue weighted by atomic mass is 10.2. The van der Waals surface area contributed by atoms with Crippen LogP contribution in [0.2, 0.25) is 0 Å². The average molecular weight is 345 g/mol. The number of amides is 1. The number of furan rings is 1. The highest BCUT2D eigenvalue weighted by molar-refractivity contribution is 8.27. The molecule has 0 radical (unpaired) electrons. The third kappa shape index (κ3) is 3.33. The Morgan fingerprint density at radius 1 is 1.26 bits per heavy atom. The maximum Gasteiger partial charge on any atom is 0.270 e. The minimum absolute atomic E-state index is 0.141. The lowest BCUT2D eigenvalue weighted by molar-refractivity contribution is -0.113. The van der Waals surface area contributed by atoms with E-state index in [0.29, 0.717) is 21.6 Å². The summed E-state index contributed by atoms with van der Waals surface area (Å²) in [6.45, 7) is 4.39. The summed E-state index contributed by atoms with van der Waals surface area (Å²) in [7, 11) is 0. The fraction of sp³-hybridized carbons (Fsp3) is 0.176. The van der Waals surface area contributed by atoms with Crippen LogP contribution < -0.4 is 9.64 Å². The van der Waals surface area contributed by atoms with E-state index in [1.54, 1.807) is 6.08 Å². The summed E-state index contributed by atoms with van der Waals surface area (Å²) in [4.78, 5) is 14.7. The van der Waals surface area contributed by atoms with Crippen LogP contribution in [0.4, 0.5) is 5.69 Å². The van der Waals surface area contributed by atoms with Gasteiger partial charge in [-0.25, -0.2) is 0 Å². The van der Waals surface area contributed by atoms with Gasteiger partial charge in [0.25, 0.3) is 5.91 Å². The molecule has 2 heterocycles. The number of ether oxygens (including phenoxy) is 1. The Morgan fingerprint density at radius 3 is 2.61 bits per heavy atom. The molecule has 23 heavy (non-hydrogen) atoms. The van der Waals surface area contributed by atoms with Crippen molar-refractivity contribution in [2.45, 2.75) is 13.8 Å². The Balaban J connectivity index is 1.85.